The van der Waals surface area contributed by atoms with Crippen LogP contribution in [0, 0.1) is 18.6 Å². The van der Waals surface area contributed by atoms with Gasteiger partial charge in [-0.1, -0.05) is 12.1 Å². The van der Waals surface area contributed by atoms with Crippen LogP contribution in [0.4, 0.5) is 8.78 Å². The second-order valence-electron chi connectivity index (χ2n) is 3.77. The minimum absolute atomic E-state index is 0.0104. The number of ether oxygens (including phenoxy) is 1. The largest absolute Gasteiger partial charge is 0.436 e. The first-order chi connectivity index (χ1) is 8.61. The van der Waals surface area contributed by atoms with Crippen LogP contribution < -0.4 is 4.74 Å². The molecule has 0 saturated heterocycles. The summed E-state index contributed by atoms with van der Waals surface area (Å²) < 4.78 is 31.9. The predicted octanol–water partition coefficient (Wildman–Crippen LogP) is 2.95. The van der Waals surface area contributed by atoms with E-state index >= 15 is 0 Å². The molecule has 0 amide bonds. The molecule has 0 atom stereocenters. The summed E-state index contributed by atoms with van der Waals surface area (Å²) in [6.45, 7) is 1.17. The monoisotopic (exact) mass is 251 g/mol. The van der Waals surface area contributed by atoms with Crippen molar-refractivity contribution in [3.05, 3.63) is 53.2 Å². The van der Waals surface area contributed by atoms with E-state index in [1.165, 1.54) is 6.07 Å². The zero-order chi connectivity index (χ0) is 13.1. The molecule has 0 fully saturated rings. The molecule has 3 nitrogen and oxygen atoms in total. The molecule has 0 unspecified atom stereocenters. The first-order valence-corrected chi connectivity index (χ1v) is 5.30. The van der Waals surface area contributed by atoms with E-state index in [4.69, 9.17) is 9.84 Å². The number of nitrogens with zero attached hydrogens (tertiary/aromatic N) is 1. The van der Waals surface area contributed by atoms with Gasteiger partial charge in [0.2, 0.25) is 5.88 Å². The first kappa shape index (κ1) is 12.4. The maximum atomic E-state index is 13.7. The van der Waals surface area contributed by atoms with Gasteiger partial charge in [-0.3, -0.25) is 0 Å². The number of benzene rings is 1. The van der Waals surface area contributed by atoms with Crippen LogP contribution in [-0.2, 0) is 6.61 Å². The van der Waals surface area contributed by atoms with E-state index in [1.807, 2.05) is 0 Å². The molecule has 94 valence electrons. The Morgan fingerprint density at radius 3 is 2.83 bits per heavy atom. The molecule has 0 radical (unpaired) electrons. The molecular formula is C13H11F2NO2. The lowest BCUT2D eigenvalue weighted by Gasteiger charge is -2.10. The van der Waals surface area contributed by atoms with E-state index in [0.29, 0.717) is 5.56 Å². The van der Waals surface area contributed by atoms with Crippen molar-refractivity contribution >= 4 is 0 Å². The summed E-state index contributed by atoms with van der Waals surface area (Å²) in [7, 11) is 0. The van der Waals surface area contributed by atoms with Crippen LogP contribution in [0.5, 0.6) is 11.6 Å². The second-order valence-corrected chi connectivity index (χ2v) is 3.77. The summed E-state index contributed by atoms with van der Waals surface area (Å²) in [6.07, 6.45) is 0.947. The number of hydrogen-bond donors (Lipinski definition) is 1. The van der Waals surface area contributed by atoms with Gasteiger partial charge in [0.05, 0.1) is 12.8 Å². The van der Waals surface area contributed by atoms with E-state index in [2.05, 4.69) is 4.98 Å². The van der Waals surface area contributed by atoms with Crippen molar-refractivity contribution in [3.63, 3.8) is 0 Å². The van der Waals surface area contributed by atoms with Gasteiger partial charge in [0.15, 0.2) is 11.6 Å². The van der Waals surface area contributed by atoms with Gasteiger partial charge < -0.3 is 9.84 Å². The van der Waals surface area contributed by atoms with Crippen LogP contribution in [0.15, 0.2) is 30.5 Å². The Bertz CT molecular complexity index is 573. The molecule has 1 aromatic carbocycles. The Labute approximate surface area is 103 Å². The Hall–Kier alpha value is -2.01. The van der Waals surface area contributed by atoms with Gasteiger partial charge >= 0.3 is 0 Å². The highest BCUT2D eigenvalue weighted by Gasteiger charge is 2.11. The van der Waals surface area contributed by atoms with Crippen molar-refractivity contribution in [2.45, 2.75) is 13.5 Å². The average molecular weight is 251 g/mol. The summed E-state index contributed by atoms with van der Waals surface area (Å²) in [4.78, 5) is 3.69. The Balaban J connectivity index is 2.37. The van der Waals surface area contributed by atoms with Crippen LogP contribution in [0.3, 0.4) is 0 Å². The number of rotatable bonds is 3. The molecule has 0 saturated carbocycles. The molecule has 0 aliphatic heterocycles. The lowest BCUT2D eigenvalue weighted by atomic mass is 10.2. The summed E-state index contributed by atoms with van der Waals surface area (Å²) in [5, 5.41) is 9.06. The molecule has 1 heterocycles. The highest BCUT2D eigenvalue weighted by molar-refractivity contribution is 5.35. The SMILES string of the molecule is Cc1cccc(Oc2ncc(F)cc2CO)c1F. The molecule has 0 bridgehead atoms. The van der Waals surface area contributed by atoms with Crippen molar-refractivity contribution in [3.8, 4) is 11.6 Å². The van der Waals surface area contributed by atoms with E-state index in [0.717, 1.165) is 12.3 Å². The summed E-state index contributed by atoms with van der Waals surface area (Å²) in [6, 6.07) is 5.77. The molecule has 2 rings (SSSR count). The van der Waals surface area contributed by atoms with Crippen molar-refractivity contribution in [2.24, 2.45) is 0 Å². The normalized spacial score (nSPS) is 10.4. The van der Waals surface area contributed by atoms with Gasteiger partial charge in [-0.2, -0.15) is 0 Å². The number of pyridine rings is 1. The Kier molecular flexibility index (Phi) is 3.53. The maximum Gasteiger partial charge on any atom is 0.225 e. The average Bonchev–Trinajstić information content (AvgIpc) is 2.37. The number of aliphatic hydroxyl groups is 1. The van der Waals surface area contributed by atoms with E-state index in [-0.39, 0.29) is 17.2 Å². The van der Waals surface area contributed by atoms with Gasteiger partial charge in [-0.15, -0.1) is 0 Å². The van der Waals surface area contributed by atoms with E-state index < -0.39 is 18.2 Å². The summed E-state index contributed by atoms with van der Waals surface area (Å²) in [5.74, 6) is -1.11. The smallest absolute Gasteiger partial charge is 0.225 e. The molecule has 2 aromatic rings. The molecule has 18 heavy (non-hydrogen) atoms. The predicted molar refractivity (Wildman–Crippen MR) is 61.3 cm³/mol. The zero-order valence-corrected chi connectivity index (χ0v) is 9.65. The number of aliphatic hydroxyl groups excluding tert-OH is 1. The van der Waals surface area contributed by atoms with Crippen molar-refractivity contribution in [2.75, 3.05) is 0 Å². The number of halogens is 2. The molecule has 0 aliphatic carbocycles. The highest BCUT2D eigenvalue weighted by Crippen LogP contribution is 2.27. The van der Waals surface area contributed by atoms with Gasteiger partial charge in [0, 0.05) is 5.56 Å². The summed E-state index contributed by atoms with van der Waals surface area (Å²) >= 11 is 0. The lowest BCUT2D eigenvalue weighted by Crippen LogP contribution is -1.98. The fourth-order valence-electron chi connectivity index (χ4n) is 1.48. The third-order valence-electron chi connectivity index (χ3n) is 2.43. The van der Waals surface area contributed by atoms with Gasteiger partial charge in [0.25, 0.3) is 0 Å². The minimum atomic E-state index is -0.587. The lowest BCUT2D eigenvalue weighted by molar-refractivity contribution is 0.273. The van der Waals surface area contributed by atoms with Crippen molar-refractivity contribution in [1.29, 1.82) is 0 Å². The molecule has 0 spiro atoms. The number of aryl methyl sites for hydroxylation is 1. The fraction of sp³-hybridized carbons (Fsp3) is 0.154. The van der Waals surface area contributed by atoms with Gasteiger partial charge in [0.1, 0.15) is 5.82 Å². The van der Waals surface area contributed by atoms with Crippen molar-refractivity contribution < 1.29 is 18.6 Å². The molecule has 5 heteroatoms. The third-order valence-corrected chi connectivity index (χ3v) is 2.43. The van der Waals surface area contributed by atoms with Crippen LogP contribution >= 0.6 is 0 Å². The Morgan fingerprint density at radius 1 is 1.33 bits per heavy atom. The first-order valence-electron chi connectivity index (χ1n) is 5.30. The quantitative estimate of drug-likeness (QED) is 0.911. The second kappa shape index (κ2) is 5.10. The highest BCUT2D eigenvalue weighted by atomic mass is 19.1. The number of aromatic nitrogens is 1. The molecular weight excluding hydrogens is 240 g/mol. The van der Waals surface area contributed by atoms with Crippen LogP contribution in [0.2, 0.25) is 0 Å². The molecule has 1 aromatic heterocycles. The molecule has 1 N–H and O–H groups in total. The van der Waals surface area contributed by atoms with Crippen LogP contribution in [0.25, 0.3) is 0 Å². The van der Waals surface area contributed by atoms with E-state index in [1.54, 1.807) is 19.1 Å². The zero-order valence-electron chi connectivity index (χ0n) is 9.65. The van der Waals surface area contributed by atoms with E-state index in [9.17, 15) is 8.78 Å². The Morgan fingerprint density at radius 2 is 2.11 bits per heavy atom. The van der Waals surface area contributed by atoms with Crippen molar-refractivity contribution in [1.82, 2.24) is 4.98 Å². The number of hydrogen-bond acceptors (Lipinski definition) is 3. The van der Waals surface area contributed by atoms with Crippen LogP contribution in [-0.4, -0.2) is 10.1 Å². The fourth-order valence-corrected chi connectivity index (χ4v) is 1.48. The molecule has 0 aliphatic rings. The third kappa shape index (κ3) is 2.46. The van der Waals surface area contributed by atoms with Gasteiger partial charge in [-0.25, -0.2) is 13.8 Å². The minimum Gasteiger partial charge on any atom is -0.436 e. The topological polar surface area (TPSA) is 42.4 Å². The van der Waals surface area contributed by atoms with Crippen LogP contribution in [0.1, 0.15) is 11.1 Å². The maximum absolute atomic E-state index is 13.7. The van der Waals surface area contributed by atoms with Gasteiger partial charge in [-0.05, 0) is 24.6 Å². The standard InChI is InChI=1S/C13H11F2NO2/c1-8-3-2-4-11(12(8)15)18-13-9(7-17)5-10(14)6-16-13/h2-6,17H,7H2,1H3. The summed E-state index contributed by atoms with van der Waals surface area (Å²) in [5.41, 5.74) is 0.594.